The number of fused-ring (bicyclic) bond motifs is 1. The van der Waals surface area contributed by atoms with Gasteiger partial charge in [-0.2, -0.15) is 0 Å². The first kappa shape index (κ1) is 16.5. The Morgan fingerprint density at radius 2 is 1.88 bits per heavy atom. The molecule has 0 amide bonds. The van der Waals surface area contributed by atoms with Crippen LogP contribution in [0.4, 0.5) is 0 Å². The highest BCUT2D eigenvalue weighted by atomic mass is 15.1. The molecule has 3 aromatic heterocycles. The van der Waals surface area contributed by atoms with E-state index in [0.29, 0.717) is 0 Å². The first-order chi connectivity index (χ1) is 12.6. The van der Waals surface area contributed by atoms with Crippen LogP contribution in [0.5, 0.6) is 0 Å². The van der Waals surface area contributed by atoms with Crippen molar-refractivity contribution in [2.24, 2.45) is 0 Å². The van der Waals surface area contributed by atoms with E-state index >= 15 is 0 Å². The van der Waals surface area contributed by atoms with E-state index < -0.39 is 0 Å². The summed E-state index contributed by atoms with van der Waals surface area (Å²) in [5, 5.41) is 3.57. The smallest absolute Gasteiger partial charge is 0.139 e. The zero-order chi connectivity index (χ0) is 18.1. The molecule has 5 heteroatoms. The van der Waals surface area contributed by atoms with Gasteiger partial charge in [0.25, 0.3) is 0 Å². The third-order valence-corrected chi connectivity index (χ3v) is 4.81. The Labute approximate surface area is 153 Å². The molecule has 1 aromatic carbocycles. The van der Waals surface area contributed by atoms with Crippen molar-refractivity contribution in [1.82, 2.24) is 24.3 Å². The molecule has 1 atom stereocenters. The number of benzene rings is 1. The maximum absolute atomic E-state index is 4.73. The van der Waals surface area contributed by atoms with Crippen LogP contribution in [0.3, 0.4) is 0 Å². The van der Waals surface area contributed by atoms with Crippen LogP contribution in [0.15, 0.2) is 61.2 Å². The average Bonchev–Trinajstić information content (AvgIpc) is 3.26. The minimum absolute atomic E-state index is 0.249. The summed E-state index contributed by atoms with van der Waals surface area (Å²) >= 11 is 0. The molecule has 1 unspecified atom stereocenters. The van der Waals surface area contributed by atoms with Gasteiger partial charge < -0.3 is 14.3 Å². The number of aryl methyl sites for hydroxylation is 2. The van der Waals surface area contributed by atoms with Gasteiger partial charge in [0.1, 0.15) is 11.5 Å². The van der Waals surface area contributed by atoms with Crippen molar-refractivity contribution < 1.29 is 0 Å². The van der Waals surface area contributed by atoms with Crippen molar-refractivity contribution in [3.63, 3.8) is 0 Å². The summed E-state index contributed by atoms with van der Waals surface area (Å²) in [6.45, 7) is 7.02. The van der Waals surface area contributed by atoms with E-state index in [-0.39, 0.29) is 6.04 Å². The molecular weight excluding hydrogens is 322 g/mol. The Kier molecular flexibility index (Phi) is 4.31. The molecule has 0 spiro atoms. The zero-order valence-corrected chi connectivity index (χ0v) is 15.3. The number of imidazole rings is 2. The van der Waals surface area contributed by atoms with Crippen molar-refractivity contribution in [2.75, 3.05) is 0 Å². The number of nitrogens with one attached hydrogen (secondary N) is 1. The monoisotopic (exact) mass is 345 g/mol. The molecule has 0 fully saturated rings. The Morgan fingerprint density at radius 3 is 2.58 bits per heavy atom. The van der Waals surface area contributed by atoms with Crippen molar-refractivity contribution in [1.29, 1.82) is 0 Å². The summed E-state index contributed by atoms with van der Waals surface area (Å²) in [7, 11) is 0. The van der Waals surface area contributed by atoms with Crippen LogP contribution in [0, 0.1) is 13.8 Å². The van der Waals surface area contributed by atoms with E-state index in [1.807, 2.05) is 31.6 Å². The zero-order valence-electron chi connectivity index (χ0n) is 15.3. The summed E-state index contributed by atoms with van der Waals surface area (Å²) < 4.78 is 4.17. The van der Waals surface area contributed by atoms with E-state index in [0.717, 1.165) is 29.4 Å². The second-order valence-corrected chi connectivity index (χ2v) is 6.69. The van der Waals surface area contributed by atoms with E-state index in [4.69, 9.17) is 4.98 Å². The molecular formula is C21H23N5. The maximum Gasteiger partial charge on any atom is 0.139 e. The largest absolute Gasteiger partial charge is 0.307 e. The summed E-state index contributed by atoms with van der Waals surface area (Å²) in [4.78, 5) is 9.00. The molecule has 132 valence electrons. The predicted octanol–water partition coefficient (Wildman–Crippen LogP) is 3.99. The molecule has 0 bridgehead atoms. The number of nitrogens with zero attached hydrogens (tertiary/aromatic N) is 4. The molecule has 4 rings (SSSR count). The second-order valence-electron chi connectivity index (χ2n) is 6.69. The molecule has 0 aliphatic heterocycles. The first-order valence-corrected chi connectivity index (χ1v) is 8.88. The molecule has 0 saturated carbocycles. The molecule has 0 saturated heterocycles. The molecule has 0 aliphatic rings. The lowest BCUT2D eigenvalue weighted by molar-refractivity contribution is 0.569. The molecule has 1 N–H and O–H groups in total. The lowest BCUT2D eigenvalue weighted by Crippen LogP contribution is -2.18. The molecule has 5 nitrogen and oxygen atoms in total. The number of hydrogen-bond donors (Lipinski definition) is 1. The minimum Gasteiger partial charge on any atom is -0.307 e. The fourth-order valence-corrected chi connectivity index (χ4v) is 3.24. The Balaban J connectivity index is 1.45. The van der Waals surface area contributed by atoms with Crippen LogP contribution in [-0.2, 0) is 6.54 Å². The molecule has 3 heterocycles. The van der Waals surface area contributed by atoms with E-state index in [2.05, 4.69) is 69.6 Å². The number of pyridine rings is 1. The summed E-state index contributed by atoms with van der Waals surface area (Å²) in [5.74, 6) is 0.992. The third-order valence-electron chi connectivity index (χ3n) is 4.81. The minimum atomic E-state index is 0.249. The molecule has 0 radical (unpaired) electrons. The lowest BCUT2D eigenvalue weighted by atomic mass is 10.1. The standard InChI is InChI=1S/C21H23N5/c1-15-5-4-11-25-14-19(24-21(15)25)13-23-16(2)18-6-8-20(9-7-18)26-12-10-22-17(26)3/h4-12,14,16,23H,13H2,1-3H3. The van der Waals surface area contributed by atoms with Gasteiger partial charge in [0.05, 0.1) is 5.69 Å². The van der Waals surface area contributed by atoms with E-state index in [9.17, 15) is 0 Å². The lowest BCUT2D eigenvalue weighted by Gasteiger charge is -2.14. The van der Waals surface area contributed by atoms with Crippen LogP contribution in [0.2, 0.25) is 0 Å². The fourth-order valence-electron chi connectivity index (χ4n) is 3.24. The Bertz CT molecular complexity index is 1030. The maximum atomic E-state index is 4.73. The van der Waals surface area contributed by atoms with Crippen molar-refractivity contribution in [2.45, 2.75) is 33.4 Å². The molecule has 0 aliphatic carbocycles. The number of aromatic nitrogens is 4. The fraction of sp³-hybridized carbons (Fsp3) is 0.238. The van der Waals surface area contributed by atoms with Gasteiger partial charge in [-0.15, -0.1) is 0 Å². The quantitative estimate of drug-likeness (QED) is 0.595. The third kappa shape index (κ3) is 3.13. The van der Waals surface area contributed by atoms with Crippen LogP contribution in [0.25, 0.3) is 11.3 Å². The van der Waals surface area contributed by atoms with Crippen LogP contribution in [0.1, 0.15) is 35.6 Å². The average molecular weight is 345 g/mol. The molecule has 26 heavy (non-hydrogen) atoms. The van der Waals surface area contributed by atoms with Gasteiger partial charge in [0, 0.05) is 43.1 Å². The first-order valence-electron chi connectivity index (χ1n) is 8.88. The normalized spacial score (nSPS) is 12.6. The Morgan fingerprint density at radius 1 is 1.08 bits per heavy atom. The van der Waals surface area contributed by atoms with E-state index in [1.54, 1.807) is 0 Å². The number of hydrogen-bond acceptors (Lipinski definition) is 3. The van der Waals surface area contributed by atoms with Gasteiger partial charge in [-0.25, -0.2) is 9.97 Å². The van der Waals surface area contributed by atoms with Crippen LogP contribution >= 0.6 is 0 Å². The van der Waals surface area contributed by atoms with Crippen molar-refractivity contribution >= 4 is 5.65 Å². The summed E-state index contributed by atoms with van der Waals surface area (Å²) in [5.41, 5.74) is 5.66. The van der Waals surface area contributed by atoms with Crippen molar-refractivity contribution in [3.05, 3.63) is 83.8 Å². The van der Waals surface area contributed by atoms with Gasteiger partial charge >= 0.3 is 0 Å². The van der Waals surface area contributed by atoms with Gasteiger partial charge in [-0.3, -0.25) is 0 Å². The van der Waals surface area contributed by atoms with E-state index in [1.165, 1.54) is 11.1 Å². The highest BCUT2D eigenvalue weighted by Crippen LogP contribution is 2.17. The number of rotatable bonds is 5. The van der Waals surface area contributed by atoms with Gasteiger partial charge in [0.2, 0.25) is 0 Å². The predicted molar refractivity (Wildman–Crippen MR) is 103 cm³/mol. The van der Waals surface area contributed by atoms with Gasteiger partial charge in [-0.1, -0.05) is 18.2 Å². The molecule has 4 aromatic rings. The van der Waals surface area contributed by atoms with Gasteiger partial charge in [-0.05, 0) is 50.1 Å². The summed E-state index contributed by atoms with van der Waals surface area (Å²) in [6, 6.07) is 13.0. The highest BCUT2D eigenvalue weighted by molar-refractivity contribution is 5.47. The summed E-state index contributed by atoms with van der Waals surface area (Å²) in [6.07, 6.45) is 7.94. The van der Waals surface area contributed by atoms with Crippen LogP contribution < -0.4 is 5.32 Å². The van der Waals surface area contributed by atoms with Crippen molar-refractivity contribution in [3.8, 4) is 5.69 Å². The second kappa shape index (κ2) is 6.77. The SMILES string of the molecule is Cc1cccn2cc(CNC(C)c3ccc(-n4ccnc4C)cc3)nc12. The van der Waals surface area contributed by atoms with Gasteiger partial charge in [0.15, 0.2) is 0 Å². The topological polar surface area (TPSA) is 47.1 Å². The highest BCUT2D eigenvalue weighted by Gasteiger charge is 2.08. The van der Waals surface area contributed by atoms with Crippen LogP contribution in [-0.4, -0.2) is 18.9 Å². The Hall–Kier alpha value is -2.92.